The van der Waals surface area contributed by atoms with Gasteiger partial charge in [0.25, 0.3) is 0 Å². The Morgan fingerprint density at radius 1 is 1.26 bits per heavy atom. The highest BCUT2D eigenvalue weighted by molar-refractivity contribution is 4.97. The Morgan fingerprint density at radius 3 is 2.52 bits per heavy atom. The molecule has 134 valence electrons. The van der Waals surface area contributed by atoms with E-state index < -0.39 is 42.3 Å². The maximum Gasteiger partial charge on any atom is 0.187 e. The van der Waals surface area contributed by atoms with Gasteiger partial charge in [-0.1, -0.05) is 6.08 Å². The Labute approximate surface area is 137 Å². The fourth-order valence-electron chi connectivity index (χ4n) is 2.63. The minimum atomic E-state index is -0.951. The molecule has 0 aromatic rings. The summed E-state index contributed by atoms with van der Waals surface area (Å²) in [6.07, 6.45) is -1.63. The number of hydrogen-bond donors (Lipinski definition) is 1. The molecule has 0 aliphatic carbocycles. The van der Waals surface area contributed by atoms with Crippen molar-refractivity contribution in [3.05, 3.63) is 12.7 Å². The van der Waals surface area contributed by atoms with Crippen LogP contribution in [0.2, 0.25) is 0 Å². The van der Waals surface area contributed by atoms with Crippen LogP contribution in [0.1, 0.15) is 27.7 Å². The zero-order valence-corrected chi connectivity index (χ0v) is 14.5. The largest absolute Gasteiger partial charge is 0.385 e. The van der Waals surface area contributed by atoms with Crippen LogP contribution in [0.25, 0.3) is 0 Å². The molecule has 1 N–H and O–H groups in total. The number of hydrogen-bond acceptors (Lipinski definition) is 7. The second-order valence-electron chi connectivity index (χ2n) is 6.64. The van der Waals surface area contributed by atoms with Gasteiger partial charge in [-0.15, -0.1) is 6.58 Å². The van der Waals surface area contributed by atoms with E-state index in [1.54, 1.807) is 27.0 Å². The molecule has 7 heteroatoms. The minimum Gasteiger partial charge on any atom is -0.385 e. The summed E-state index contributed by atoms with van der Waals surface area (Å²) in [6, 6.07) is 0. The van der Waals surface area contributed by atoms with Crippen molar-refractivity contribution in [3.63, 3.8) is 0 Å². The molecule has 0 radical (unpaired) electrons. The average Bonchev–Trinajstić information content (AvgIpc) is 2.81. The first-order valence-electron chi connectivity index (χ1n) is 7.80. The van der Waals surface area contributed by atoms with E-state index in [2.05, 4.69) is 6.58 Å². The Kier molecular flexibility index (Phi) is 5.84. The summed E-state index contributed by atoms with van der Waals surface area (Å²) < 4.78 is 34.0. The molecule has 0 unspecified atom stereocenters. The van der Waals surface area contributed by atoms with E-state index in [4.69, 9.17) is 28.4 Å². The first kappa shape index (κ1) is 18.8. The first-order valence-corrected chi connectivity index (χ1v) is 7.80. The number of rotatable bonds is 7. The Morgan fingerprint density at radius 2 is 1.91 bits per heavy atom. The van der Waals surface area contributed by atoms with E-state index in [0.29, 0.717) is 0 Å². The van der Waals surface area contributed by atoms with Crippen LogP contribution in [0, 0.1) is 0 Å². The molecule has 0 aromatic carbocycles. The monoisotopic (exact) mass is 332 g/mol. The van der Waals surface area contributed by atoms with E-state index in [1.165, 1.54) is 0 Å². The summed E-state index contributed by atoms with van der Waals surface area (Å²) in [4.78, 5) is 0. The van der Waals surface area contributed by atoms with Crippen LogP contribution in [0.3, 0.4) is 0 Å². The van der Waals surface area contributed by atoms with Crippen molar-refractivity contribution in [3.8, 4) is 0 Å². The van der Waals surface area contributed by atoms with Gasteiger partial charge in [-0.05, 0) is 27.7 Å². The molecular formula is C16H28O7. The number of aliphatic hydroxyl groups is 1. The molecule has 2 heterocycles. The number of methoxy groups -OCH3 is 1. The molecule has 0 saturated carbocycles. The second-order valence-corrected chi connectivity index (χ2v) is 6.64. The van der Waals surface area contributed by atoms with Crippen molar-refractivity contribution < 1.29 is 33.5 Å². The van der Waals surface area contributed by atoms with Crippen molar-refractivity contribution in [1.82, 2.24) is 0 Å². The van der Waals surface area contributed by atoms with Crippen molar-refractivity contribution >= 4 is 0 Å². The van der Waals surface area contributed by atoms with Gasteiger partial charge in [-0.25, -0.2) is 0 Å². The van der Waals surface area contributed by atoms with Gasteiger partial charge in [0, 0.05) is 7.11 Å². The summed E-state index contributed by atoms with van der Waals surface area (Å²) in [7, 11) is 1.57. The zero-order valence-electron chi connectivity index (χ0n) is 14.5. The molecule has 2 saturated heterocycles. The molecule has 7 nitrogen and oxygen atoms in total. The van der Waals surface area contributed by atoms with Gasteiger partial charge in [0.15, 0.2) is 17.9 Å². The fourth-order valence-corrected chi connectivity index (χ4v) is 2.63. The van der Waals surface area contributed by atoms with Gasteiger partial charge in [-0.2, -0.15) is 0 Å². The predicted molar refractivity (Wildman–Crippen MR) is 81.7 cm³/mol. The van der Waals surface area contributed by atoms with E-state index in [0.717, 1.165) is 0 Å². The Bertz CT molecular complexity index is 409. The zero-order chi connectivity index (χ0) is 17.3. The summed E-state index contributed by atoms with van der Waals surface area (Å²) in [5.41, 5.74) is 0. The van der Waals surface area contributed by atoms with Crippen molar-refractivity contribution in [2.75, 3.05) is 20.3 Å². The molecule has 0 bridgehead atoms. The van der Waals surface area contributed by atoms with Crippen LogP contribution >= 0.6 is 0 Å². The molecular weight excluding hydrogens is 304 g/mol. The van der Waals surface area contributed by atoms with Crippen LogP contribution in [-0.2, 0) is 28.4 Å². The quantitative estimate of drug-likeness (QED) is 0.554. The van der Waals surface area contributed by atoms with E-state index in [9.17, 15) is 5.11 Å². The van der Waals surface area contributed by atoms with Crippen LogP contribution in [0.4, 0.5) is 0 Å². The Hall–Kier alpha value is -0.540. The average molecular weight is 332 g/mol. The topological polar surface area (TPSA) is 75.6 Å². The van der Waals surface area contributed by atoms with Gasteiger partial charge in [0.05, 0.1) is 13.2 Å². The normalized spacial score (nSPS) is 36.7. The highest BCUT2D eigenvalue weighted by atomic mass is 16.8. The van der Waals surface area contributed by atoms with E-state index >= 15 is 0 Å². The molecule has 2 fully saturated rings. The first-order chi connectivity index (χ1) is 10.7. The maximum absolute atomic E-state index is 10.4. The third kappa shape index (κ3) is 4.51. The molecule has 23 heavy (non-hydrogen) atoms. The smallest absolute Gasteiger partial charge is 0.187 e. The van der Waals surface area contributed by atoms with Gasteiger partial charge in [0.1, 0.15) is 24.4 Å². The molecule has 0 aromatic heterocycles. The summed E-state index contributed by atoms with van der Waals surface area (Å²) in [5.74, 6) is -1.55. The van der Waals surface area contributed by atoms with Crippen LogP contribution < -0.4 is 0 Å². The van der Waals surface area contributed by atoms with E-state index in [1.807, 2.05) is 13.8 Å². The molecule has 5 atom stereocenters. The number of ether oxygens (including phenoxy) is 6. The van der Waals surface area contributed by atoms with Gasteiger partial charge >= 0.3 is 0 Å². The molecule has 2 aliphatic heterocycles. The maximum atomic E-state index is 10.4. The summed E-state index contributed by atoms with van der Waals surface area (Å²) in [5, 5.41) is 10.4. The highest BCUT2D eigenvalue weighted by Gasteiger charge is 2.55. The van der Waals surface area contributed by atoms with Crippen molar-refractivity contribution in [1.29, 1.82) is 0 Å². The number of aliphatic hydroxyl groups excluding tert-OH is 1. The fraction of sp³-hybridized carbons (Fsp3) is 0.875. The lowest BCUT2D eigenvalue weighted by atomic mass is 9.99. The molecule has 2 aliphatic rings. The predicted octanol–water partition coefficient (Wildman–Crippen LogP) is 1.19. The highest BCUT2D eigenvalue weighted by Crippen LogP contribution is 2.38. The second kappa shape index (κ2) is 7.14. The standard InChI is InChI=1S/C16H28O7/c1-7-8-19-14-11(17)13-12(22-16(4,5)23-13)10(21-14)9-20-15(2,3)18-6/h7,10-14,17H,1,8-9H2,2-6H3/t10-,11-,12+,13-,14-/m1/s1. The Balaban J connectivity index is 2.09. The van der Waals surface area contributed by atoms with Crippen LogP contribution in [0.5, 0.6) is 0 Å². The lowest BCUT2D eigenvalue weighted by Crippen LogP contribution is -2.58. The summed E-state index contributed by atoms with van der Waals surface area (Å²) >= 11 is 0. The van der Waals surface area contributed by atoms with Gasteiger partial charge in [-0.3, -0.25) is 0 Å². The lowest BCUT2D eigenvalue weighted by Gasteiger charge is -2.40. The SMILES string of the molecule is C=CCO[C@@H]1O[C@H](COC(C)(C)OC)[C@@H]2OC(C)(C)O[C@@H]2[C@H]1O. The third-order valence-electron chi connectivity index (χ3n) is 3.92. The van der Waals surface area contributed by atoms with Gasteiger partial charge < -0.3 is 33.5 Å². The number of fused-ring (bicyclic) bond motifs is 1. The van der Waals surface area contributed by atoms with Crippen molar-refractivity contribution in [2.24, 2.45) is 0 Å². The van der Waals surface area contributed by atoms with Crippen LogP contribution in [0.15, 0.2) is 12.7 Å². The lowest BCUT2D eigenvalue weighted by molar-refractivity contribution is -0.296. The molecule has 2 rings (SSSR count). The van der Waals surface area contributed by atoms with E-state index in [-0.39, 0.29) is 13.2 Å². The van der Waals surface area contributed by atoms with Gasteiger partial charge in [0.2, 0.25) is 0 Å². The third-order valence-corrected chi connectivity index (χ3v) is 3.92. The molecule has 0 spiro atoms. The van der Waals surface area contributed by atoms with Crippen LogP contribution in [-0.4, -0.2) is 67.7 Å². The molecule has 0 amide bonds. The van der Waals surface area contributed by atoms with Crippen molar-refractivity contribution in [2.45, 2.75) is 70.0 Å². The summed E-state index contributed by atoms with van der Waals surface area (Å²) in [6.45, 7) is 11.3. The minimum absolute atomic E-state index is 0.224.